The number of rotatable bonds is 11. The van der Waals surface area contributed by atoms with Crippen molar-refractivity contribution in [3.8, 4) is 0 Å². The SMILES string of the molecule is C[C@H](NC(=O)CNC(=O)c1ccccc1N1CCN(C)CC1)C(=O)NCC(=O)C(=O)NCc1ccccc1. The van der Waals surface area contributed by atoms with Gasteiger partial charge in [0.2, 0.25) is 17.6 Å². The maximum atomic E-state index is 12.8. The molecule has 1 aliphatic heterocycles. The first-order chi connectivity index (χ1) is 18.2. The molecule has 0 radical (unpaired) electrons. The van der Waals surface area contributed by atoms with Gasteiger partial charge in [0.25, 0.3) is 11.8 Å². The molecule has 0 spiro atoms. The van der Waals surface area contributed by atoms with Crippen LogP contribution in [0.3, 0.4) is 0 Å². The Bertz CT molecular complexity index is 1150. The smallest absolute Gasteiger partial charge is 0.289 e. The van der Waals surface area contributed by atoms with Crippen LogP contribution >= 0.6 is 0 Å². The summed E-state index contributed by atoms with van der Waals surface area (Å²) in [6, 6.07) is 15.4. The second kappa shape index (κ2) is 13.9. The molecule has 0 aliphatic carbocycles. The van der Waals surface area contributed by atoms with E-state index in [4.69, 9.17) is 0 Å². The van der Waals surface area contributed by atoms with E-state index in [0.717, 1.165) is 37.4 Å². The van der Waals surface area contributed by atoms with E-state index < -0.39 is 36.1 Å². The number of amides is 4. The molecule has 0 saturated carbocycles. The Balaban J connectivity index is 1.40. The summed E-state index contributed by atoms with van der Waals surface area (Å²) in [4.78, 5) is 65.7. The summed E-state index contributed by atoms with van der Waals surface area (Å²) in [5.41, 5.74) is 2.12. The number of benzene rings is 2. The van der Waals surface area contributed by atoms with Crippen molar-refractivity contribution in [2.75, 3.05) is 51.2 Å². The summed E-state index contributed by atoms with van der Waals surface area (Å²) in [7, 11) is 2.05. The summed E-state index contributed by atoms with van der Waals surface area (Å²) in [5.74, 6) is -3.21. The van der Waals surface area contributed by atoms with Gasteiger partial charge in [-0.2, -0.15) is 0 Å². The molecular formula is C27H34N6O5. The molecule has 4 N–H and O–H groups in total. The topological polar surface area (TPSA) is 140 Å². The molecule has 1 fully saturated rings. The van der Waals surface area contributed by atoms with Crippen LogP contribution < -0.4 is 26.2 Å². The van der Waals surface area contributed by atoms with Crippen LogP contribution in [0, 0.1) is 0 Å². The van der Waals surface area contributed by atoms with Gasteiger partial charge in [-0.05, 0) is 31.7 Å². The largest absolute Gasteiger partial charge is 0.368 e. The molecule has 0 bridgehead atoms. The highest BCUT2D eigenvalue weighted by Gasteiger charge is 2.22. The Morgan fingerprint density at radius 3 is 2.18 bits per heavy atom. The van der Waals surface area contributed by atoms with Crippen molar-refractivity contribution < 1.29 is 24.0 Å². The Morgan fingerprint density at radius 2 is 1.47 bits per heavy atom. The molecule has 11 heteroatoms. The van der Waals surface area contributed by atoms with Crippen LogP contribution in [-0.4, -0.2) is 86.7 Å². The van der Waals surface area contributed by atoms with Crippen molar-refractivity contribution in [1.29, 1.82) is 0 Å². The molecule has 2 aromatic rings. The lowest BCUT2D eigenvalue weighted by molar-refractivity contribution is -0.138. The average molecular weight is 523 g/mol. The number of hydrogen-bond acceptors (Lipinski definition) is 7. The predicted octanol–water partition coefficient (Wildman–Crippen LogP) is -0.325. The van der Waals surface area contributed by atoms with Gasteiger partial charge in [-0.3, -0.25) is 24.0 Å². The van der Waals surface area contributed by atoms with Gasteiger partial charge in [0.1, 0.15) is 6.04 Å². The molecule has 4 amide bonds. The van der Waals surface area contributed by atoms with Crippen molar-refractivity contribution in [2.24, 2.45) is 0 Å². The number of nitrogens with zero attached hydrogens (tertiary/aromatic N) is 2. The zero-order valence-electron chi connectivity index (χ0n) is 21.7. The minimum absolute atomic E-state index is 0.192. The second-order valence-electron chi connectivity index (χ2n) is 9.09. The van der Waals surface area contributed by atoms with Crippen LogP contribution in [-0.2, 0) is 25.7 Å². The lowest BCUT2D eigenvalue weighted by atomic mass is 10.1. The Kier molecular flexibility index (Phi) is 10.4. The summed E-state index contributed by atoms with van der Waals surface area (Å²) in [5, 5.41) is 9.91. The summed E-state index contributed by atoms with van der Waals surface area (Å²) in [6.45, 7) is 4.18. The van der Waals surface area contributed by atoms with Crippen molar-refractivity contribution >= 4 is 35.1 Å². The molecule has 3 rings (SSSR count). The number of carbonyl (C=O) groups excluding carboxylic acids is 5. The molecule has 0 aromatic heterocycles. The lowest BCUT2D eigenvalue weighted by Gasteiger charge is -2.35. The molecule has 1 aliphatic rings. The van der Waals surface area contributed by atoms with Crippen LogP contribution in [0.5, 0.6) is 0 Å². The highest BCUT2D eigenvalue weighted by molar-refractivity contribution is 6.37. The molecule has 1 atom stereocenters. The minimum Gasteiger partial charge on any atom is -0.368 e. The number of nitrogens with one attached hydrogen (secondary N) is 4. The Labute approximate surface area is 221 Å². The fraction of sp³-hybridized carbons (Fsp3) is 0.370. The number of carbonyl (C=O) groups is 5. The first-order valence-corrected chi connectivity index (χ1v) is 12.5. The van der Waals surface area contributed by atoms with Crippen LogP contribution in [0.1, 0.15) is 22.8 Å². The number of para-hydroxylation sites is 1. The van der Waals surface area contributed by atoms with Crippen molar-refractivity contribution in [3.63, 3.8) is 0 Å². The van der Waals surface area contributed by atoms with Gasteiger partial charge in [-0.25, -0.2) is 0 Å². The molecule has 11 nitrogen and oxygen atoms in total. The summed E-state index contributed by atoms with van der Waals surface area (Å²) in [6.07, 6.45) is 0. The van der Waals surface area contributed by atoms with Crippen LogP contribution in [0.15, 0.2) is 54.6 Å². The normalized spacial score (nSPS) is 14.2. The molecule has 202 valence electrons. The van der Waals surface area contributed by atoms with Crippen LogP contribution in [0.25, 0.3) is 0 Å². The van der Waals surface area contributed by atoms with Crippen LogP contribution in [0.4, 0.5) is 5.69 Å². The highest BCUT2D eigenvalue weighted by atomic mass is 16.2. The number of hydrogen-bond donors (Lipinski definition) is 4. The number of ketones is 1. The van der Waals surface area contributed by atoms with Crippen molar-refractivity contribution in [2.45, 2.75) is 19.5 Å². The number of piperazine rings is 1. The third kappa shape index (κ3) is 8.41. The fourth-order valence-electron chi connectivity index (χ4n) is 3.88. The predicted molar refractivity (Wildman–Crippen MR) is 142 cm³/mol. The molecule has 1 saturated heterocycles. The van der Waals surface area contributed by atoms with Gasteiger partial charge in [0, 0.05) is 38.4 Å². The van der Waals surface area contributed by atoms with E-state index >= 15 is 0 Å². The van der Waals surface area contributed by atoms with Gasteiger partial charge in [-0.15, -0.1) is 0 Å². The van der Waals surface area contributed by atoms with E-state index in [2.05, 4.69) is 38.1 Å². The van der Waals surface area contributed by atoms with E-state index in [-0.39, 0.29) is 19.0 Å². The Morgan fingerprint density at radius 1 is 0.816 bits per heavy atom. The van der Waals surface area contributed by atoms with E-state index in [1.807, 2.05) is 42.5 Å². The van der Waals surface area contributed by atoms with Gasteiger partial charge < -0.3 is 31.1 Å². The van der Waals surface area contributed by atoms with Gasteiger partial charge >= 0.3 is 0 Å². The van der Waals surface area contributed by atoms with Gasteiger partial charge in [-0.1, -0.05) is 42.5 Å². The van der Waals surface area contributed by atoms with E-state index in [1.54, 1.807) is 12.1 Å². The lowest BCUT2D eigenvalue weighted by Crippen LogP contribution is -2.49. The third-order valence-corrected chi connectivity index (χ3v) is 6.15. The van der Waals surface area contributed by atoms with Gasteiger partial charge in [0.15, 0.2) is 0 Å². The first kappa shape index (κ1) is 28.3. The Hall–Kier alpha value is -4.25. The first-order valence-electron chi connectivity index (χ1n) is 12.5. The molecule has 38 heavy (non-hydrogen) atoms. The van der Waals surface area contributed by atoms with E-state index in [9.17, 15) is 24.0 Å². The van der Waals surface area contributed by atoms with E-state index in [1.165, 1.54) is 6.92 Å². The third-order valence-electron chi connectivity index (χ3n) is 6.15. The standard InChI is InChI=1S/C27H34N6O5/c1-19(25(36)29-17-23(34)27(38)28-16-20-8-4-3-5-9-20)31-24(35)18-30-26(37)21-10-6-7-11-22(21)33-14-12-32(2)13-15-33/h3-11,19H,12-18H2,1-2H3,(H,28,38)(H,29,36)(H,30,37)(H,31,35)/t19-/m0/s1. The molecule has 0 unspecified atom stereocenters. The quantitative estimate of drug-likeness (QED) is 0.297. The summed E-state index contributed by atoms with van der Waals surface area (Å²) < 4.78 is 0. The molecular weight excluding hydrogens is 488 g/mol. The van der Waals surface area contributed by atoms with E-state index in [0.29, 0.717) is 5.56 Å². The average Bonchev–Trinajstić information content (AvgIpc) is 2.94. The second-order valence-corrected chi connectivity index (χ2v) is 9.09. The maximum Gasteiger partial charge on any atom is 0.289 e. The molecule has 1 heterocycles. The minimum atomic E-state index is -0.975. The summed E-state index contributed by atoms with van der Waals surface area (Å²) >= 11 is 0. The number of anilines is 1. The molecule has 2 aromatic carbocycles. The van der Waals surface area contributed by atoms with Crippen molar-refractivity contribution in [3.05, 3.63) is 65.7 Å². The maximum absolute atomic E-state index is 12.8. The zero-order valence-corrected chi connectivity index (χ0v) is 21.7. The van der Waals surface area contributed by atoms with Crippen molar-refractivity contribution in [1.82, 2.24) is 26.2 Å². The zero-order chi connectivity index (χ0) is 27.5. The van der Waals surface area contributed by atoms with Crippen LogP contribution in [0.2, 0.25) is 0 Å². The number of Topliss-reactive ketones (excluding diaryl/α,β-unsaturated/α-hetero) is 1. The monoisotopic (exact) mass is 522 g/mol. The number of likely N-dealkylation sites (N-methyl/N-ethyl adjacent to an activating group) is 1. The van der Waals surface area contributed by atoms with Gasteiger partial charge in [0.05, 0.1) is 18.7 Å². The highest BCUT2D eigenvalue weighted by Crippen LogP contribution is 2.21. The fourth-order valence-corrected chi connectivity index (χ4v) is 3.88.